The van der Waals surface area contributed by atoms with Gasteiger partial charge in [0, 0.05) is 74.2 Å². The number of methoxy groups -OCH3 is 2. The fraction of sp³-hybridized carbons (Fsp3) is 0.296. The molecule has 1 aliphatic rings. The molecule has 2 N–H and O–H groups in total. The minimum absolute atomic E-state index is 0.00196. The Bertz CT molecular complexity index is 1400. The summed E-state index contributed by atoms with van der Waals surface area (Å²) in [4.78, 5) is 26.6. The van der Waals surface area contributed by atoms with Crippen molar-refractivity contribution in [2.45, 2.75) is 0 Å². The number of fused-ring (bicyclic) bond motifs is 1. The SMILES string of the molecule is COc1ccc(Nc2nc(-c3cccc(C(=O)N4CCN(CCO)CC4)c3)cn3ccnc23)cc1OC. The molecule has 4 aromatic rings. The summed E-state index contributed by atoms with van der Waals surface area (Å²) in [5.41, 5.74) is 3.60. The number of aromatic nitrogens is 3. The predicted octanol–water partition coefficient (Wildman–Crippen LogP) is 2.91. The van der Waals surface area contributed by atoms with E-state index in [4.69, 9.17) is 19.6 Å². The first-order valence-corrected chi connectivity index (χ1v) is 12.2. The molecular weight excluding hydrogens is 472 g/mol. The van der Waals surface area contributed by atoms with Crippen LogP contribution >= 0.6 is 0 Å². The van der Waals surface area contributed by atoms with Crippen LogP contribution in [0, 0.1) is 0 Å². The average Bonchev–Trinajstić information content (AvgIpc) is 3.42. The van der Waals surface area contributed by atoms with E-state index in [-0.39, 0.29) is 12.5 Å². The molecular formula is C27H30N6O4. The number of amides is 1. The van der Waals surface area contributed by atoms with E-state index >= 15 is 0 Å². The summed E-state index contributed by atoms with van der Waals surface area (Å²) in [7, 11) is 3.19. The van der Waals surface area contributed by atoms with Gasteiger partial charge in [0.2, 0.25) is 0 Å². The molecule has 1 saturated heterocycles. The lowest BCUT2D eigenvalue weighted by molar-refractivity contribution is 0.0615. The van der Waals surface area contributed by atoms with Gasteiger partial charge in [-0.05, 0) is 24.3 Å². The van der Waals surface area contributed by atoms with E-state index in [0.29, 0.717) is 53.9 Å². The van der Waals surface area contributed by atoms with Gasteiger partial charge in [0.05, 0.1) is 26.5 Å². The number of hydrogen-bond donors (Lipinski definition) is 2. The van der Waals surface area contributed by atoms with E-state index in [2.05, 4.69) is 15.2 Å². The Morgan fingerprint density at radius 2 is 1.86 bits per heavy atom. The van der Waals surface area contributed by atoms with Gasteiger partial charge < -0.3 is 29.2 Å². The molecule has 0 aliphatic carbocycles. The van der Waals surface area contributed by atoms with Crippen LogP contribution in [0.2, 0.25) is 0 Å². The molecule has 0 atom stereocenters. The third-order valence-electron chi connectivity index (χ3n) is 6.50. The predicted molar refractivity (Wildman–Crippen MR) is 141 cm³/mol. The molecule has 1 amide bonds. The number of aliphatic hydroxyl groups excluding tert-OH is 1. The first kappa shape index (κ1) is 24.5. The smallest absolute Gasteiger partial charge is 0.253 e. The quantitative estimate of drug-likeness (QED) is 0.379. The average molecular weight is 503 g/mol. The molecule has 10 heteroatoms. The van der Waals surface area contributed by atoms with E-state index in [1.165, 1.54) is 0 Å². The lowest BCUT2D eigenvalue weighted by Gasteiger charge is -2.34. The largest absolute Gasteiger partial charge is 0.493 e. The Kier molecular flexibility index (Phi) is 7.20. The minimum Gasteiger partial charge on any atom is -0.493 e. The molecule has 0 unspecified atom stereocenters. The number of aliphatic hydroxyl groups is 1. The zero-order valence-electron chi connectivity index (χ0n) is 20.9. The number of nitrogens with one attached hydrogen (secondary N) is 1. The maximum atomic E-state index is 13.2. The summed E-state index contributed by atoms with van der Waals surface area (Å²) in [6.07, 6.45) is 5.48. The van der Waals surface area contributed by atoms with Crippen molar-refractivity contribution < 1.29 is 19.4 Å². The van der Waals surface area contributed by atoms with Crippen LogP contribution in [0.3, 0.4) is 0 Å². The van der Waals surface area contributed by atoms with E-state index in [1.54, 1.807) is 20.4 Å². The topological polar surface area (TPSA) is 104 Å². The van der Waals surface area contributed by atoms with Crippen LogP contribution in [0.25, 0.3) is 16.9 Å². The van der Waals surface area contributed by atoms with Gasteiger partial charge in [0.1, 0.15) is 0 Å². The molecule has 1 fully saturated rings. The van der Waals surface area contributed by atoms with E-state index in [0.717, 1.165) is 24.3 Å². The molecule has 0 bridgehead atoms. The van der Waals surface area contributed by atoms with Crippen LogP contribution < -0.4 is 14.8 Å². The molecule has 0 radical (unpaired) electrons. The van der Waals surface area contributed by atoms with Crippen LogP contribution in [0.15, 0.2) is 61.1 Å². The Labute approximate surface area is 215 Å². The minimum atomic E-state index is -0.00196. The van der Waals surface area contributed by atoms with Crippen molar-refractivity contribution >= 4 is 23.1 Å². The summed E-state index contributed by atoms with van der Waals surface area (Å²) in [5.74, 6) is 1.81. The number of nitrogens with zero attached hydrogens (tertiary/aromatic N) is 5. The van der Waals surface area contributed by atoms with Crippen molar-refractivity contribution in [2.24, 2.45) is 0 Å². The number of hydrogen-bond acceptors (Lipinski definition) is 8. The lowest BCUT2D eigenvalue weighted by atomic mass is 10.1. The molecule has 1 aliphatic heterocycles. The lowest BCUT2D eigenvalue weighted by Crippen LogP contribution is -2.49. The zero-order valence-corrected chi connectivity index (χ0v) is 20.9. The monoisotopic (exact) mass is 502 g/mol. The third-order valence-corrected chi connectivity index (χ3v) is 6.50. The Hall–Kier alpha value is -4.15. The Morgan fingerprint density at radius 1 is 1.05 bits per heavy atom. The van der Waals surface area contributed by atoms with Crippen LogP contribution in [0.1, 0.15) is 10.4 Å². The second-order valence-electron chi connectivity index (χ2n) is 8.77. The van der Waals surface area contributed by atoms with Gasteiger partial charge in [-0.2, -0.15) is 0 Å². The molecule has 10 nitrogen and oxygen atoms in total. The van der Waals surface area contributed by atoms with E-state index in [9.17, 15) is 4.79 Å². The summed E-state index contributed by atoms with van der Waals surface area (Å²) in [5, 5.41) is 12.5. The van der Waals surface area contributed by atoms with E-state index in [1.807, 2.05) is 64.2 Å². The van der Waals surface area contributed by atoms with Crippen molar-refractivity contribution in [3.63, 3.8) is 0 Å². The second-order valence-corrected chi connectivity index (χ2v) is 8.77. The van der Waals surface area contributed by atoms with Crippen LogP contribution in [0.4, 0.5) is 11.5 Å². The number of imidazole rings is 1. The number of β-amino-alcohol motifs (C(OH)–C–C–N with tert-alkyl or cyclic N) is 1. The van der Waals surface area contributed by atoms with Crippen molar-refractivity contribution in [1.82, 2.24) is 24.2 Å². The highest BCUT2D eigenvalue weighted by atomic mass is 16.5. The maximum absolute atomic E-state index is 13.2. The fourth-order valence-corrected chi connectivity index (χ4v) is 4.52. The van der Waals surface area contributed by atoms with Crippen molar-refractivity contribution in [3.05, 3.63) is 66.6 Å². The molecule has 37 heavy (non-hydrogen) atoms. The van der Waals surface area contributed by atoms with Crippen LogP contribution in [-0.2, 0) is 0 Å². The fourth-order valence-electron chi connectivity index (χ4n) is 4.52. The third kappa shape index (κ3) is 5.20. The summed E-state index contributed by atoms with van der Waals surface area (Å²) in [6.45, 7) is 3.57. The molecule has 0 saturated carbocycles. The standard InChI is InChI=1S/C27H30N6O4/c1-36-23-7-6-21(17-24(23)37-2)29-25-26-28-8-9-33(26)18-22(30-25)19-4-3-5-20(16-19)27(35)32-12-10-31(11-13-32)14-15-34/h3-9,16-18,34H,10-15H2,1-2H3,(H,29,30). The summed E-state index contributed by atoms with van der Waals surface area (Å²) < 4.78 is 12.7. The van der Waals surface area contributed by atoms with Gasteiger partial charge in [-0.15, -0.1) is 0 Å². The number of benzene rings is 2. The van der Waals surface area contributed by atoms with Crippen molar-refractivity contribution in [3.8, 4) is 22.8 Å². The van der Waals surface area contributed by atoms with Gasteiger partial charge in [0.25, 0.3) is 5.91 Å². The first-order valence-electron chi connectivity index (χ1n) is 12.2. The highest BCUT2D eigenvalue weighted by molar-refractivity contribution is 5.95. The summed E-state index contributed by atoms with van der Waals surface area (Å²) in [6, 6.07) is 13.1. The van der Waals surface area contributed by atoms with Crippen molar-refractivity contribution in [1.29, 1.82) is 0 Å². The van der Waals surface area contributed by atoms with Crippen molar-refractivity contribution in [2.75, 3.05) is 58.9 Å². The first-order chi connectivity index (χ1) is 18.1. The Morgan fingerprint density at radius 3 is 2.62 bits per heavy atom. The van der Waals surface area contributed by atoms with Crippen LogP contribution in [-0.4, -0.2) is 88.7 Å². The number of ether oxygens (including phenoxy) is 2. The molecule has 3 heterocycles. The van der Waals surface area contributed by atoms with Gasteiger partial charge >= 0.3 is 0 Å². The maximum Gasteiger partial charge on any atom is 0.253 e. The molecule has 2 aromatic heterocycles. The van der Waals surface area contributed by atoms with Gasteiger partial charge in [-0.3, -0.25) is 9.69 Å². The normalized spacial score (nSPS) is 14.1. The van der Waals surface area contributed by atoms with Crippen LogP contribution in [0.5, 0.6) is 11.5 Å². The number of piperazine rings is 1. The number of rotatable bonds is 8. The van der Waals surface area contributed by atoms with Gasteiger partial charge in [-0.25, -0.2) is 9.97 Å². The Balaban J connectivity index is 1.42. The molecule has 5 rings (SSSR count). The molecule has 2 aromatic carbocycles. The molecule has 0 spiro atoms. The van der Waals surface area contributed by atoms with Gasteiger partial charge in [0.15, 0.2) is 23.0 Å². The second kappa shape index (κ2) is 10.9. The zero-order chi connectivity index (χ0) is 25.8. The number of carbonyl (C=O) groups is 1. The highest BCUT2D eigenvalue weighted by Gasteiger charge is 2.22. The number of carbonyl (C=O) groups excluding carboxylic acids is 1. The summed E-state index contributed by atoms with van der Waals surface area (Å²) >= 11 is 0. The highest BCUT2D eigenvalue weighted by Crippen LogP contribution is 2.32. The number of anilines is 2. The molecule has 192 valence electrons. The van der Waals surface area contributed by atoms with E-state index < -0.39 is 0 Å². The van der Waals surface area contributed by atoms with Gasteiger partial charge in [-0.1, -0.05) is 12.1 Å².